The molecule has 3 rings (SSSR count). The molecule has 9 heteroatoms. The third-order valence-electron chi connectivity index (χ3n) is 4.17. The summed E-state index contributed by atoms with van der Waals surface area (Å²) in [6.07, 6.45) is 0. The van der Waals surface area contributed by atoms with Crippen molar-refractivity contribution in [2.75, 3.05) is 31.9 Å². The van der Waals surface area contributed by atoms with Gasteiger partial charge >= 0.3 is 0 Å². The second-order valence-electron chi connectivity index (χ2n) is 5.39. The van der Waals surface area contributed by atoms with Gasteiger partial charge in [-0.15, -0.1) is 12.4 Å². The van der Waals surface area contributed by atoms with Gasteiger partial charge in [-0.2, -0.15) is 4.98 Å². The lowest BCUT2D eigenvalue weighted by Gasteiger charge is -2.42. The van der Waals surface area contributed by atoms with Gasteiger partial charge in [0.1, 0.15) is 0 Å². The van der Waals surface area contributed by atoms with Gasteiger partial charge in [0.25, 0.3) is 0 Å². The van der Waals surface area contributed by atoms with E-state index in [0.717, 1.165) is 13.1 Å². The molecule has 1 atom stereocenters. The molecule has 20 heavy (non-hydrogen) atoms. The summed E-state index contributed by atoms with van der Waals surface area (Å²) in [6, 6.07) is 0. The molecule has 1 aromatic rings. The van der Waals surface area contributed by atoms with Crippen molar-refractivity contribution >= 4 is 22.4 Å². The Kier molecular flexibility index (Phi) is 4.12. The van der Waals surface area contributed by atoms with Gasteiger partial charge in [-0.05, 0) is 13.8 Å². The number of hydrogen-bond acceptors (Lipinski definition) is 6. The molecule has 2 aliphatic rings. The van der Waals surface area contributed by atoms with Crippen molar-refractivity contribution in [3.8, 4) is 0 Å². The minimum absolute atomic E-state index is 0. The molecule has 2 saturated heterocycles. The summed E-state index contributed by atoms with van der Waals surface area (Å²) >= 11 is 0. The van der Waals surface area contributed by atoms with Gasteiger partial charge in [-0.1, -0.05) is 5.16 Å². The zero-order chi connectivity index (χ0) is 13.7. The largest absolute Gasteiger partial charge is 0.339 e. The van der Waals surface area contributed by atoms with Crippen LogP contribution in [0.4, 0.5) is 0 Å². The zero-order valence-electron chi connectivity index (χ0n) is 11.5. The molecule has 0 amide bonds. The molecule has 0 aliphatic carbocycles. The standard InChI is InChI=1S/C11H18N4O3S.ClH/c1-3-19(16,17)15-4-9(10-13-8(2)14-18-10)11(7-15)5-12-6-11;/h9,12H,3-7H2,1-2H3;1H. The van der Waals surface area contributed by atoms with Gasteiger partial charge < -0.3 is 9.84 Å². The maximum absolute atomic E-state index is 12.1. The van der Waals surface area contributed by atoms with Crippen LogP contribution in [-0.4, -0.2) is 54.8 Å². The quantitative estimate of drug-likeness (QED) is 0.851. The van der Waals surface area contributed by atoms with Crippen LogP contribution in [0.25, 0.3) is 0 Å². The fourth-order valence-corrected chi connectivity index (χ4v) is 4.11. The highest BCUT2D eigenvalue weighted by Crippen LogP contribution is 2.45. The predicted molar refractivity (Wildman–Crippen MR) is 75.4 cm³/mol. The zero-order valence-corrected chi connectivity index (χ0v) is 13.1. The van der Waals surface area contributed by atoms with Crippen LogP contribution in [0.5, 0.6) is 0 Å². The number of hydrogen-bond donors (Lipinski definition) is 1. The first-order chi connectivity index (χ1) is 8.97. The summed E-state index contributed by atoms with van der Waals surface area (Å²) in [6.45, 7) is 6.03. The Morgan fingerprint density at radius 3 is 2.65 bits per heavy atom. The summed E-state index contributed by atoms with van der Waals surface area (Å²) in [5.74, 6) is 1.28. The number of sulfonamides is 1. The first-order valence-electron chi connectivity index (χ1n) is 6.46. The SMILES string of the molecule is CCS(=O)(=O)N1CC(c2nc(C)no2)C2(CNC2)C1.Cl. The Morgan fingerprint density at radius 2 is 2.20 bits per heavy atom. The molecule has 7 nitrogen and oxygen atoms in total. The lowest BCUT2D eigenvalue weighted by molar-refractivity contribution is 0.144. The number of aromatic nitrogens is 2. The van der Waals surface area contributed by atoms with Crippen molar-refractivity contribution < 1.29 is 12.9 Å². The average Bonchev–Trinajstić information content (AvgIpc) is 2.91. The Morgan fingerprint density at radius 1 is 1.50 bits per heavy atom. The van der Waals surface area contributed by atoms with E-state index in [2.05, 4.69) is 15.5 Å². The first kappa shape index (κ1) is 15.7. The average molecular weight is 323 g/mol. The summed E-state index contributed by atoms with van der Waals surface area (Å²) in [4.78, 5) is 4.29. The molecule has 0 radical (unpaired) electrons. The van der Waals surface area contributed by atoms with Crippen LogP contribution in [-0.2, 0) is 10.0 Å². The molecule has 2 fully saturated rings. The fraction of sp³-hybridized carbons (Fsp3) is 0.818. The number of aryl methyl sites for hydroxylation is 1. The molecule has 0 aromatic carbocycles. The van der Waals surface area contributed by atoms with E-state index in [4.69, 9.17) is 4.52 Å². The van der Waals surface area contributed by atoms with Gasteiger partial charge in [0.05, 0.1) is 11.7 Å². The van der Waals surface area contributed by atoms with E-state index < -0.39 is 10.0 Å². The molecule has 1 spiro atoms. The first-order valence-corrected chi connectivity index (χ1v) is 8.06. The van der Waals surface area contributed by atoms with Crippen LogP contribution in [0.15, 0.2) is 4.52 Å². The van der Waals surface area contributed by atoms with Crippen LogP contribution in [0.2, 0.25) is 0 Å². The molecule has 0 saturated carbocycles. The molecule has 3 heterocycles. The summed E-state index contributed by atoms with van der Waals surface area (Å²) in [5.41, 5.74) is -0.0821. The Labute approximate surface area is 124 Å². The molecule has 1 aromatic heterocycles. The number of halogens is 1. The fourth-order valence-electron chi connectivity index (χ4n) is 2.92. The van der Waals surface area contributed by atoms with Crippen molar-refractivity contribution in [3.63, 3.8) is 0 Å². The summed E-state index contributed by atoms with van der Waals surface area (Å²) in [7, 11) is -3.16. The highest BCUT2D eigenvalue weighted by atomic mass is 35.5. The van der Waals surface area contributed by atoms with Crippen molar-refractivity contribution in [2.24, 2.45) is 5.41 Å². The van der Waals surface area contributed by atoms with Gasteiger partial charge in [0, 0.05) is 31.6 Å². The maximum Gasteiger partial charge on any atom is 0.231 e. The summed E-state index contributed by atoms with van der Waals surface area (Å²) < 4.78 is 30.9. The van der Waals surface area contributed by atoms with Crippen LogP contribution in [0, 0.1) is 12.3 Å². The molecule has 2 aliphatic heterocycles. The van der Waals surface area contributed by atoms with Gasteiger partial charge in [-0.25, -0.2) is 12.7 Å². The second kappa shape index (κ2) is 5.25. The molecule has 1 unspecified atom stereocenters. The van der Waals surface area contributed by atoms with E-state index in [-0.39, 0.29) is 29.5 Å². The highest BCUT2D eigenvalue weighted by molar-refractivity contribution is 7.89. The van der Waals surface area contributed by atoms with E-state index >= 15 is 0 Å². The van der Waals surface area contributed by atoms with Crippen LogP contribution in [0.1, 0.15) is 24.6 Å². The van der Waals surface area contributed by atoms with Crippen LogP contribution < -0.4 is 5.32 Å². The number of rotatable bonds is 3. The smallest absolute Gasteiger partial charge is 0.231 e. The van der Waals surface area contributed by atoms with Gasteiger partial charge in [0.15, 0.2) is 5.82 Å². The Hall–Kier alpha value is -0.700. The van der Waals surface area contributed by atoms with E-state index in [1.54, 1.807) is 18.2 Å². The van der Waals surface area contributed by atoms with Crippen LogP contribution in [0.3, 0.4) is 0 Å². The highest BCUT2D eigenvalue weighted by Gasteiger charge is 2.55. The van der Waals surface area contributed by atoms with Crippen molar-refractivity contribution in [3.05, 3.63) is 11.7 Å². The van der Waals surface area contributed by atoms with Crippen molar-refractivity contribution in [2.45, 2.75) is 19.8 Å². The third kappa shape index (κ3) is 2.34. The molecular formula is C11H19ClN4O3S. The minimum atomic E-state index is -3.16. The Balaban J connectivity index is 0.00000147. The summed E-state index contributed by atoms with van der Waals surface area (Å²) in [5, 5.41) is 7.05. The van der Waals surface area contributed by atoms with E-state index in [0.29, 0.717) is 24.8 Å². The monoisotopic (exact) mass is 322 g/mol. The van der Waals surface area contributed by atoms with E-state index in [1.807, 2.05) is 0 Å². The number of nitrogens with one attached hydrogen (secondary N) is 1. The third-order valence-corrected chi connectivity index (χ3v) is 5.96. The van der Waals surface area contributed by atoms with E-state index in [9.17, 15) is 8.42 Å². The lowest BCUT2D eigenvalue weighted by Crippen LogP contribution is -2.57. The molecular weight excluding hydrogens is 304 g/mol. The molecule has 1 N–H and O–H groups in total. The second-order valence-corrected chi connectivity index (χ2v) is 7.65. The van der Waals surface area contributed by atoms with Crippen LogP contribution >= 0.6 is 12.4 Å². The Bertz CT molecular complexity index is 584. The lowest BCUT2D eigenvalue weighted by atomic mass is 9.73. The van der Waals surface area contributed by atoms with Gasteiger partial charge in [-0.3, -0.25) is 0 Å². The maximum atomic E-state index is 12.1. The van der Waals surface area contributed by atoms with Crippen molar-refractivity contribution in [1.29, 1.82) is 0 Å². The normalized spacial score (nSPS) is 25.4. The topological polar surface area (TPSA) is 88.3 Å². The molecule has 114 valence electrons. The minimum Gasteiger partial charge on any atom is -0.339 e. The van der Waals surface area contributed by atoms with Crippen molar-refractivity contribution in [1.82, 2.24) is 19.8 Å². The molecule has 0 bridgehead atoms. The van der Waals surface area contributed by atoms with E-state index in [1.165, 1.54) is 0 Å². The predicted octanol–water partition coefficient (Wildman–Crippen LogP) is 0.138. The van der Waals surface area contributed by atoms with Gasteiger partial charge in [0.2, 0.25) is 15.9 Å². The number of nitrogens with zero attached hydrogens (tertiary/aromatic N) is 3.